The van der Waals surface area contributed by atoms with Crippen molar-refractivity contribution >= 4 is 35.1 Å². The fourth-order valence-electron chi connectivity index (χ4n) is 1.81. The molecule has 3 N–H and O–H groups in total. The van der Waals surface area contributed by atoms with E-state index in [4.69, 9.17) is 0 Å². The second-order valence-electron chi connectivity index (χ2n) is 4.27. The third-order valence-corrected chi connectivity index (χ3v) is 3.86. The largest absolute Gasteiger partial charge is 0.453 e. The van der Waals surface area contributed by atoms with E-state index >= 15 is 0 Å². The van der Waals surface area contributed by atoms with Crippen LogP contribution in [0.3, 0.4) is 0 Å². The van der Waals surface area contributed by atoms with Gasteiger partial charge in [-0.1, -0.05) is 6.07 Å². The molecule has 0 aliphatic carbocycles. The predicted molar refractivity (Wildman–Crippen MR) is 80.2 cm³/mol. The van der Waals surface area contributed by atoms with Gasteiger partial charge in [0.05, 0.1) is 13.2 Å². The molecular formula is C13H17N3O3S. The van der Waals surface area contributed by atoms with Crippen LogP contribution in [-0.2, 0) is 9.53 Å². The first-order valence-corrected chi connectivity index (χ1v) is 7.41. The predicted octanol–water partition coefficient (Wildman–Crippen LogP) is 1.51. The summed E-state index contributed by atoms with van der Waals surface area (Å²) in [5.41, 5.74) is 1.21. The SMILES string of the molecule is COC(=O)Nc1cccc(NC(=O)C2CSCCN2)c1. The molecule has 2 amide bonds. The first kappa shape index (κ1) is 14.7. The van der Waals surface area contributed by atoms with Gasteiger partial charge in [0.1, 0.15) is 0 Å². The normalized spacial score (nSPS) is 18.1. The van der Waals surface area contributed by atoms with Crippen LogP contribution in [0.1, 0.15) is 0 Å². The van der Waals surface area contributed by atoms with Gasteiger partial charge in [-0.15, -0.1) is 0 Å². The lowest BCUT2D eigenvalue weighted by Crippen LogP contribution is -2.46. The van der Waals surface area contributed by atoms with Gasteiger partial charge in [-0.05, 0) is 18.2 Å². The number of amides is 2. The molecule has 0 radical (unpaired) electrons. The molecule has 7 heteroatoms. The van der Waals surface area contributed by atoms with Crippen molar-refractivity contribution in [1.82, 2.24) is 5.32 Å². The molecular weight excluding hydrogens is 278 g/mol. The zero-order chi connectivity index (χ0) is 14.4. The van der Waals surface area contributed by atoms with Gasteiger partial charge in [-0.3, -0.25) is 10.1 Å². The Labute approximate surface area is 121 Å². The Morgan fingerprint density at radius 3 is 2.75 bits per heavy atom. The van der Waals surface area contributed by atoms with Crippen molar-refractivity contribution in [3.63, 3.8) is 0 Å². The molecule has 0 aromatic heterocycles. The van der Waals surface area contributed by atoms with Crippen LogP contribution >= 0.6 is 11.8 Å². The van der Waals surface area contributed by atoms with Gasteiger partial charge in [0, 0.05) is 29.4 Å². The highest BCUT2D eigenvalue weighted by molar-refractivity contribution is 7.99. The van der Waals surface area contributed by atoms with E-state index in [2.05, 4.69) is 20.7 Å². The summed E-state index contributed by atoms with van der Waals surface area (Å²) in [5, 5.41) is 8.56. The zero-order valence-electron chi connectivity index (χ0n) is 11.1. The summed E-state index contributed by atoms with van der Waals surface area (Å²) >= 11 is 1.76. The van der Waals surface area contributed by atoms with Crippen molar-refractivity contribution < 1.29 is 14.3 Å². The van der Waals surface area contributed by atoms with E-state index < -0.39 is 6.09 Å². The molecule has 6 nitrogen and oxygen atoms in total. The second-order valence-corrected chi connectivity index (χ2v) is 5.42. The molecule has 20 heavy (non-hydrogen) atoms. The summed E-state index contributed by atoms with van der Waals surface area (Å²) in [5.74, 6) is 1.74. The summed E-state index contributed by atoms with van der Waals surface area (Å²) in [4.78, 5) is 23.2. The smallest absolute Gasteiger partial charge is 0.411 e. The number of rotatable bonds is 3. The average molecular weight is 295 g/mol. The topological polar surface area (TPSA) is 79.5 Å². The molecule has 0 spiro atoms. The van der Waals surface area contributed by atoms with Crippen molar-refractivity contribution in [3.8, 4) is 0 Å². The van der Waals surface area contributed by atoms with Gasteiger partial charge in [0.25, 0.3) is 0 Å². The molecule has 1 aliphatic heterocycles. The molecule has 1 aliphatic rings. The third kappa shape index (κ3) is 4.14. The van der Waals surface area contributed by atoms with E-state index in [1.807, 2.05) is 0 Å². The van der Waals surface area contributed by atoms with Gasteiger partial charge in [-0.25, -0.2) is 4.79 Å². The Kier molecular flexibility index (Phi) is 5.25. The standard InChI is InChI=1S/C13H17N3O3S/c1-19-13(18)16-10-4-2-3-9(7-10)15-12(17)11-8-20-6-5-14-11/h2-4,7,11,14H,5-6,8H2,1H3,(H,15,17)(H,16,18). The first-order chi connectivity index (χ1) is 9.69. The summed E-state index contributed by atoms with van der Waals surface area (Å²) in [7, 11) is 1.30. The molecule has 108 valence electrons. The molecule has 1 aromatic carbocycles. The van der Waals surface area contributed by atoms with Crippen LogP contribution in [0.2, 0.25) is 0 Å². The summed E-state index contributed by atoms with van der Waals surface area (Å²) in [6, 6.07) is 6.76. The van der Waals surface area contributed by atoms with Crippen molar-refractivity contribution in [3.05, 3.63) is 24.3 Å². The number of carbonyl (C=O) groups excluding carboxylic acids is 2. The highest BCUT2D eigenvalue weighted by Crippen LogP contribution is 2.16. The van der Waals surface area contributed by atoms with Crippen LogP contribution in [0.25, 0.3) is 0 Å². The number of hydrogen-bond donors (Lipinski definition) is 3. The number of thioether (sulfide) groups is 1. The first-order valence-electron chi connectivity index (χ1n) is 6.26. The zero-order valence-corrected chi connectivity index (χ0v) is 12.0. The highest BCUT2D eigenvalue weighted by Gasteiger charge is 2.20. The molecule has 1 saturated heterocycles. The monoisotopic (exact) mass is 295 g/mol. The maximum atomic E-state index is 12.1. The average Bonchev–Trinajstić information content (AvgIpc) is 2.48. The molecule has 0 bridgehead atoms. The number of hydrogen-bond acceptors (Lipinski definition) is 5. The van der Waals surface area contributed by atoms with E-state index in [9.17, 15) is 9.59 Å². The van der Waals surface area contributed by atoms with Gasteiger partial charge in [-0.2, -0.15) is 11.8 Å². The fraction of sp³-hybridized carbons (Fsp3) is 0.385. The molecule has 1 heterocycles. The van der Waals surface area contributed by atoms with Crippen LogP contribution in [-0.4, -0.2) is 43.2 Å². The van der Waals surface area contributed by atoms with Crippen molar-refractivity contribution in [2.24, 2.45) is 0 Å². The van der Waals surface area contributed by atoms with Gasteiger partial charge in [0.15, 0.2) is 0 Å². The highest BCUT2D eigenvalue weighted by atomic mass is 32.2. The van der Waals surface area contributed by atoms with E-state index in [-0.39, 0.29) is 11.9 Å². The van der Waals surface area contributed by atoms with E-state index in [1.54, 1.807) is 36.0 Å². The number of anilines is 2. The maximum absolute atomic E-state index is 12.1. The van der Waals surface area contributed by atoms with Crippen LogP contribution in [0.4, 0.5) is 16.2 Å². The van der Waals surface area contributed by atoms with E-state index in [1.165, 1.54) is 7.11 Å². The van der Waals surface area contributed by atoms with Crippen LogP contribution in [0.5, 0.6) is 0 Å². The van der Waals surface area contributed by atoms with Crippen LogP contribution in [0, 0.1) is 0 Å². The van der Waals surface area contributed by atoms with Gasteiger partial charge < -0.3 is 15.4 Å². The summed E-state index contributed by atoms with van der Waals surface area (Å²) in [6.45, 7) is 0.840. The van der Waals surface area contributed by atoms with E-state index in [0.717, 1.165) is 18.1 Å². The molecule has 1 atom stereocenters. The van der Waals surface area contributed by atoms with Gasteiger partial charge >= 0.3 is 6.09 Å². The minimum absolute atomic E-state index is 0.0626. The van der Waals surface area contributed by atoms with Crippen LogP contribution < -0.4 is 16.0 Å². The lowest BCUT2D eigenvalue weighted by Gasteiger charge is -2.22. The van der Waals surface area contributed by atoms with Crippen LogP contribution in [0.15, 0.2) is 24.3 Å². The lowest BCUT2D eigenvalue weighted by atomic mass is 10.2. The minimum atomic E-state index is -0.543. The number of nitrogens with one attached hydrogen (secondary N) is 3. The van der Waals surface area contributed by atoms with E-state index in [0.29, 0.717) is 11.4 Å². The van der Waals surface area contributed by atoms with Crippen molar-refractivity contribution in [1.29, 1.82) is 0 Å². The van der Waals surface area contributed by atoms with Gasteiger partial charge in [0.2, 0.25) is 5.91 Å². The number of methoxy groups -OCH3 is 1. The minimum Gasteiger partial charge on any atom is -0.453 e. The number of carbonyl (C=O) groups is 2. The molecule has 1 fully saturated rings. The maximum Gasteiger partial charge on any atom is 0.411 e. The van der Waals surface area contributed by atoms with Crippen molar-refractivity contribution in [2.45, 2.75) is 6.04 Å². The quantitative estimate of drug-likeness (QED) is 0.787. The lowest BCUT2D eigenvalue weighted by molar-refractivity contribution is -0.117. The molecule has 1 unspecified atom stereocenters. The Hall–Kier alpha value is -1.73. The Morgan fingerprint density at radius 1 is 1.35 bits per heavy atom. The number of ether oxygens (including phenoxy) is 1. The third-order valence-electron chi connectivity index (χ3n) is 2.80. The molecule has 1 aromatic rings. The number of benzene rings is 1. The Balaban J connectivity index is 1.96. The summed E-state index contributed by atoms with van der Waals surface area (Å²) < 4.78 is 4.52. The molecule has 2 rings (SSSR count). The Morgan fingerprint density at radius 2 is 2.10 bits per heavy atom. The van der Waals surface area contributed by atoms with Crippen molar-refractivity contribution in [2.75, 3.05) is 35.8 Å². The Bertz CT molecular complexity index is 490. The fourth-order valence-corrected chi connectivity index (χ4v) is 2.74. The summed E-state index contributed by atoms with van der Waals surface area (Å²) in [6.07, 6.45) is -0.543. The molecule has 0 saturated carbocycles. The second kappa shape index (κ2) is 7.16.